The molecular weight excluding hydrogens is 412 g/mol. The monoisotopic (exact) mass is 436 g/mol. The van der Waals surface area contributed by atoms with Gasteiger partial charge < -0.3 is 30.0 Å². The number of likely N-dealkylation sites (tertiary alicyclic amines) is 1. The number of hydrogen-bond acceptors (Lipinski definition) is 8. The van der Waals surface area contributed by atoms with E-state index in [2.05, 4.69) is 19.9 Å². The first-order valence-corrected chi connectivity index (χ1v) is 10.3. The van der Waals surface area contributed by atoms with E-state index in [1.807, 2.05) is 17.7 Å². The van der Waals surface area contributed by atoms with Crippen molar-refractivity contribution in [2.75, 3.05) is 18.8 Å². The van der Waals surface area contributed by atoms with Crippen molar-refractivity contribution >= 4 is 33.9 Å². The van der Waals surface area contributed by atoms with Crippen LogP contribution < -0.4 is 5.73 Å². The molecule has 1 saturated heterocycles. The molecule has 11 nitrogen and oxygen atoms in total. The molecule has 0 saturated carbocycles. The Morgan fingerprint density at radius 3 is 2.81 bits per heavy atom. The molecule has 0 spiro atoms. The van der Waals surface area contributed by atoms with Gasteiger partial charge in [0.25, 0.3) is 5.91 Å². The van der Waals surface area contributed by atoms with E-state index in [1.54, 1.807) is 34.9 Å². The van der Waals surface area contributed by atoms with Gasteiger partial charge >= 0.3 is 0 Å². The number of benzene rings is 1. The number of amides is 1. The highest BCUT2D eigenvalue weighted by molar-refractivity contribution is 5.97. The standard InChI is InChI=1S/C21H24N8O3/c1-21(32)6-13(30)7-28(20(31)12-3-4-15-14(5-12)25-10-27(15)2)8-16(21)29-11-26-17-18(22)23-9-24-19(17)29/h3-5,9-11,13,16,30,32H,6-8H2,1-2H3,(H2,22,23,24)/t13-,16+,21+/m1/s1. The number of rotatable bonds is 2. The van der Waals surface area contributed by atoms with Gasteiger partial charge in [-0.05, 0) is 25.1 Å². The number of carbonyl (C=O) groups is 1. The van der Waals surface area contributed by atoms with Gasteiger partial charge in [0.05, 0.1) is 41.4 Å². The van der Waals surface area contributed by atoms with Crippen molar-refractivity contribution in [3.63, 3.8) is 0 Å². The van der Waals surface area contributed by atoms with Crippen LogP contribution in [0.1, 0.15) is 29.7 Å². The maximum atomic E-state index is 13.4. The maximum absolute atomic E-state index is 13.4. The number of aliphatic hydroxyl groups is 2. The van der Waals surface area contributed by atoms with Crippen LogP contribution in [-0.4, -0.2) is 74.9 Å². The van der Waals surface area contributed by atoms with Gasteiger partial charge in [0.1, 0.15) is 11.8 Å². The van der Waals surface area contributed by atoms with Crippen molar-refractivity contribution in [2.24, 2.45) is 7.05 Å². The van der Waals surface area contributed by atoms with E-state index in [4.69, 9.17) is 5.73 Å². The largest absolute Gasteiger partial charge is 0.391 e. The van der Waals surface area contributed by atoms with Crippen LogP contribution in [0.15, 0.2) is 37.2 Å². The average Bonchev–Trinajstić information content (AvgIpc) is 3.31. The van der Waals surface area contributed by atoms with Gasteiger partial charge in [-0.25, -0.2) is 19.9 Å². The van der Waals surface area contributed by atoms with E-state index in [0.29, 0.717) is 22.2 Å². The van der Waals surface area contributed by atoms with E-state index < -0.39 is 17.7 Å². The number of aryl methyl sites for hydroxylation is 1. The summed E-state index contributed by atoms with van der Waals surface area (Å²) >= 11 is 0. The first-order valence-electron chi connectivity index (χ1n) is 10.3. The topological polar surface area (TPSA) is 148 Å². The zero-order valence-electron chi connectivity index (χ0n) is 17.8. The summed E-state index contributed by atoms with van der Waals surface area (Å²) in [6.45, 7) is 1.89. The van der Waals surface area contributed by atoms with Gasteiger partial charge in [0.2, 0.25) is 0 Å². The molecule has 4 heterocycles. The summed E-state index contributed by atoms with van der Waals surface area (Å²) in [4.78, 5) is 31.8. The third-order valence-corrected chi connectivity index (χ3v) is 6.17. The van der Waals surface area contributed by atoms with Gasteiger partial charge in [-0.2, -0.15) is 0 Å². The molecule has 1 aliphatic heterocycles. The van der Waals surface area contributed by atoms with Crippen molar-refractivity contribution < 1.29 is 15.0 Å². The fraction of sp³-hybridized carbons (Fsp3) is 0.381. The minimum Gasteiger partial charge on any atom is -0.391 e. The number of nitrogen functional groups attached to an aromatic ring is 1. The van der Waals surface area contributed by atoms with Gasteiger partial charge in [-0.1, -0.05) is 0 Å². The van der Waals surface area contributed by atoms with Crippen molar-refractivity contribution in [1.82, 2.24) is 34.0 Å². The fourth-order valence-electron chi connectivity index (χ4n) is 4.52. The van der Waals surface area contributed by atoms with E-state index in [-0.39, 0.29) is 31.2 Å². The van der Waals surface area contributed by atoms with E-state index in [9.17, 15) is 15.0 Å². The summed E-state index contributed by atoms with van der Waals surface area (Å²) in [6.07, 6.45) is 3.75. The maximum Gasteiger partial charge on any atom is 0.254 e. The summed E-state index contributed by atoms with van der Waals surface area (Å²) in [5, 5.41) is 21.9. The van der Waals surface area contributed by atoms with E-state index in [1.165, 1.54) is 12.7 Å². The van der Waals surface area contributed by atoms with Crippen LogP contribution >= 0.6 is 0 Å². The Labute approximate surface area is 183 Å². The Morgan fingerprint density at radius 1 is 1.19 bits per heavy atom. The van der Waals surface area contributed by atoms with Gasteiger partial charge in [-0.15, -0.1) is 0 Å². The zero-order valence-corrected chi connectivity index (χ0v) is 17.8. The van der Waals surface area contributed by atoms with Crippen LogP contribution in [0.3, 0.4) is 0 Å². The third-order valence-electron chi connectivity index (χ3n) is 6.17. The second-order valence-electron chi connectivity index (χ2n) is 8.58. The molecular formula is C21H24N8O3. The molecule has 3 atom stereocenters. The van der Waals surface area contributed by atoms with Crippen molar-refractivity contribution in [3.8, 4) is 0 Å². The Bertz CT molecular complexity index is 1330. The van der Waals surface area contributed by atoms with Crippen LogP contribution in [0.2, 0.25) is 0 Å². The molecule has 0 bridgehead atoms. The highest BCUT2D eigenvalue weighted by atomic mass is 16.3. The van der Waals surface area contributed by atoms with Crippen LogP contribution in [0.5, 0.6) is 0 Å². The molecule has 1 aliphatic rings. The summed E-state index contributed by atoms with van der Waals surface area (Å²) in [7, 11) is 1.89. The summed E-state index contributed by atoms with van der Waals surface area (Å²) in [5.41, 5.74) is 7.57. The minimum atomic E-state index is -1.33. The number of nitrogens with zero attached hydrogens (tertiary/aromatic N) is 7. The number of fused-ring (bicyclic) bond motifs is 2. The Hall–Kier alpha value is -3.57. The number of β-amino-alcohol motifs (C(OH)–C–C–N with tert-alkyl or cyclic N) is 1. The Kier molecular flexibility index (Phi) is 4.60. The lowest BCUT2D eigenvalue weighted by atomic mass is 9.91. The summed E-state index contributed by atoms with van der Waals surface area (Å²) in [5.74, 6) is -0.0171. The Morgan fingerprint density at radius 2 is 2.00 bits per heavy atom. The summed E-state index contributed by atoms with van der Waals surface area (Å²) in [6, 6.07) is 4.72. The number of carbonyl (C=O) groups excluding carboxylic acids is 1. The smallest absolute Gasteiger partial charge is 0.254 e. The van der Waals surface area contributed by atoms with Crippen LogP contribution in [0.4, 0.5) is 5.82 Å². The molecule has 0 aliphatic carbocycles. The zero-order chi connectivity index (χ0) is 22.6. The lowest BCUT2D eigenvalue weighted by Gasteiger charge is -2.34. The predicted molar refractivity (Wildman–Crippen MR) is 117 cm³/mol. The normalized spacial score (nSPS) is 24.2. The summed E-state index contributed by atoms with van der Waals surface area (Å²) < 4.78 is 3.58. The van der Waals surface area contributed by atoms with Crippen molar-refractivity contribution in [3.05, 3.63) is 42.7 Å². The molecule has 5 rings (SSSR count). The first kappa shape index (κ1) is 20.3. The van der Waals surface area contributed by atoms with Crippen molar-refractivity contribution in [2.45, 2.75) is 31.1 Å². The molecule has 3 aromatic heterocycles. The molecule has 166 valence electrons. The highest BCUT2D eigenvalue weighted by Crippen LogP contribution is 2.34. The SMILES string of the molecule is Cn1cnc2cc(C(=O)N3C[C@H](O)C[C@](C)(O)[C@@H](n4cnc5c(N)ncnc54)C3)ccc21. The predicted octanol–water partition coefficient (Wildman–Crippen LogP) is 0.494. The molecule has 1 fully saturated rings. The molecule has 32 heavy (non-hydrogen) atoms. The van der Waals surface area contributed by atoms with E-state index in [0.717, 1.165) is 5.52 Å². The number of aromatic nitrogens is 6. The number of nitrogens with two attached hydrogens (primary N) is 1. The number of anilines is 1. The minimum absolute atomic E-state index is 0.0843. The fourth-order valence-corrected chi connectivity index (χ4v) is 4.52. The average molecular weight is 436 g/mol. The van der Waals surface area contributed by atoms with Crippen LogP contribution in [0.25, 0.3) is 22.2 Å². The van der Waals surface area contributed by atoms with Crippen LogP contribution in [0, 0.1) is 0 Å². The molecule has 1 aromatic carbocycles. The Balaban J connectivity index is 1.54. The lowest BCUT2D eigenvalue weighted by Crippen LogP contribution is -2.42. The van der Waals surface area contributed by atoms with Gasteiger partial charge in [-0.3, -0.25) is 4.79 Å². The van der Waals surface area contributed by atoms with Gasteiger partial charge in [0, 0.05) is 32.1 Å². The second kappa shape index (κ2) is 7.24. The lowest BCUT2D eigenvalue weighted by molar-refractivity contribution is -0.0217. The second-order valence-corrected chi connectivity index (χ2v) is 8.58. The number of imidazole rings is 2. The first-order chi connectivity index (χ1) is 15.2. The molecule has 11 heteroatoms. The molecule has 4 N–H and O–H groups in total. The quantitative estimate of drug-likeness (QED) is 0.411. The van der Waals surface area contributed by atoms with E-state index >= 15 is 0 Å². The molecule has 4 aromatic rings. The van der Waals surface area contributed by atoms with Crippen LogP contribution in [-0.2, 0) is 7.05 Å². The third kappa shape index (κ3) is 3.26. The number of aliphatic hydroxyl groups excluding tert-OH is 1. The number of hydrogen-bond donors (Lipinski definition) is 3. The molecule has 1 amide bonds. The molecule has 0 unspecified atom stereocenters. The molecule has 0 radical (unpaired) electrons. The van der Waals surface area contributed by atoms with Crippen molar-refractivity contribution in [1.29, 1.82) is 0 Å². The highest BCUT2D eigenvalue weighted by Gasteiger charge is 2.42. The van der Waals surface area contributed by atoms with Gasteiger partial charge in [0.15, 0.2) is 11.5 Å².